The molecule has 0 spiro atoms. The van der Waals surface area contributed by atoms with Crippen molar-refractivity contribution in [2.45, 2.75) is 58.6 Å². The van der Waals surface area contributed by atoms with Crippen molar-refractivity contribution in [3.63, 3.8) is 0 Å². The maximum absolute atomic E-state index is 12.4. The minimum absolute atomic E-state index is 0.00382. The highest BCUT2D eigenvalue weighted by Crippen LogP contribution is 2.30. The quantitative estimate of drug-likeness (QED) is 0.921. The summed E-state index contributed by atoms with van der Waals surface area (Å²) in [5.41, 5.74) is 0.00382. The highest BCUT2D eigenvalue weighted by Gasteiger charge is 2.32. The Labute approximate surface area is 120 Å². The molecule has 0 aromatic carbocycles. The number of likely N-dealkylation sites (tertiary alicyclic amines) is 1. The van der Waals surface area contributed by atoms with Crippen LogP contribution in [-0.4, -0.2) is 28.5 Å². The lowest BCUT2D eigenvalue weighted by molar-refractivity contribution is -0.134. The number of aliphatic hydroxyl groups is 1. The van der Waals surface area contributed by atoms with Gasteiger partial charge in [0.25, 0.3) is 0 Å². The lowest BCUT2D eigenvalue weighted by atomic mass is 9.91. The molecule has 0 saturated carbocycles. The summed E-state index contributed by atoms with van der Waals surface area (Å²) in [6.45, 7) is 7.04. The van der Waals surface area contributed by atoms with Crippen LogP contribution in [0.15, 0.2) is 22.8 Å². The first-order valence-electron chi connectivity index (χ1n) is 7.38. The molecule has 1 aromatic heterocycles. The van der Waals surface area contributed by atoms with Gasteiger partial charge in [0.1, 0.15) is 11.9 Å². The van der Waals surface area contributed by atoms with Crippen LogP contribution in [0.25, 0.3) is 0 Å². The Morgan fingerprint density at radius 1 is 1.55 bits per heavy atom. The number of hydrogen-bond acceptors (Lipinski definition) is 3. The number of furan rings is 1. The van der Waals surface area contributed by atoms with Crippen molar-refractivity contribution in [1.29, 1.82) is 0 Å². The molecule has 0 radical (unpaired) electrons. The summed E-state index contributed by atoms with van der Waals surface area (Å²) in [5, 5.41) is 10.2. The number of carbonyl (C=O) groups is 1. The Kier molecular flexibility index (Phi) is 4.53. The molecule has 112 valence electrons. The van der Waals surface area contributed by atoms with Crippen LogP contribution in [0, 0.1) is 5.41 Å². The van der Waals surface area contributed by atoms with Crippen LogP contribution in [0.4, 0.5) is 0 Å². The van der Waals surface area contributed by atoms with E-state index in [0.717, 1.165) is 19.4 Å². The van der Waals surface area contributed by atoms with Crippen molar-refractivity contribution in [1.82, 2.24) is 4.90 Å². The van der Waals surface area contributed by atoms with E-state index in [0.29, 0.717) is 18.6 Å². The Balaban J connectivity index is 1.95. The van der Waals surface area contributed by atoms with Gasteiger partial charge in [-0.1, -0.05) is 20.8 Å². The first kappa shape index (κ1) is 15.1. The fraction of sp³-hybridized carbons (Fsp3) is 0.688. The van der Waals surface area contributed by atoms with E-state index in [2.05, 4.69) is 20.8 Å². The summed E-state index contributed by atoms with van der Waals surface area (Å²) >= 11 is 0. The van der Waals surface area contributed by atoms with Crippen molar-refractivity contribution >= 4 is 5.91 Å². The number of amides is 1. The minimum Gasteiger partial charge on any atom is -0.467 e. The Morgan fingerprint density at radius 3 is 2.90 bits per heavy atom. The van der Waals surface area contributed by atoms with Crippen molar-refractivity contribution < 1.29 is 14.3 Å². The van der Waals surface area contributed by atoms with Crippen LogP contribution in [0.1, 0.15) is 58.3 Å². The molecule has 1 saturated heterocycles. The SMILES string of the molecule is CC(C)(C)CC(=O)N1CCCC1CC(O)c1ccco1. The van der Waals surface area contributed by atoms with Gasteiger partial charge in [-0.05, 0) is 30.4 Å². The third kappa shape index (κ3) is 3.85. The minimum atomic E-state index is -0.627. The van der Waals surface area contributed by atoms with Crippen LogP contribution >= 0.6 is 0 Å². The summed E-state index contributed by atoms with van der Waals surface area (Å²) in [6.07, 6.45) is 4.04. The molecule has 2 atom stereocenters. The van der Waals surface area contributed by atoms with Crippen LogP contribution < -0.4 is 0 Å². The molecular formula is C16H25NO3. The highest BCUT2D eigenvalue weighted by atomic mass is 16.4. The summed E-state index contributed by atoms with van der Waals surface area (Å²) < 4.78 is 5.23. The van der Waals surface area contributed by atoms with Crippen LogP contribution in [0.5, 0.6) is 0 Å². The van der Waals surface area contributed by atoms with Gasteiger partial charge in [0.15, 0.2) is 0 Å². The van der Waals surface area contributed by atoms with Gasteiger partial charge < -0.3 is 14.4 Å². The van der Waals surface area contributed by atoms with E-state index in [9.17, 15) is 9.90 Å². The predicted molar refractivity (Wildman–Crippen MR) is 77.1 cm³/mol. The van der Waals surface area contributed by atoms with E-state index in [1.807, 2.05) is 4.90 Å². The largest absolute Gasteiger partial charge is 0.467 e. The monoisotopic (exact) mass is 279 g/mol. The molecule has 4 heteroatoms. The zero-order valence-electron chi connectivity index (χ0n) is 12.6. The number of rotatable bonds is 4. The molecule has 2 unspecified atom stereocenters. The van der Waals surface area contributed by atoms with Crippen LogP contribution in [-0.2, 0) is 4.79 Å². The number of hydrogen-bond donors (Lipinski definition) is 1. The lowest BCUT2D eigenvalue weighted by Gasteiger charge is -2.29. The molecule has 0 aliphatic carbocycles. The van der Waals surface area contributed by atoms with E-state index in [1.54, 1.807) is 18.4 Å². The van der Waals surface area contributed by atoms with Crippen molar-refractivity contribution in [2.24, 2.45) is 5.41 Å². The second-order valence-electron chi connectivity index (χ2n) is 6.89. The first-order chi connectivity index (χ1) is 9.37. The molecule has 1 fully saturated rings. The second-order valence-corrected chi connectivity index (χ2v) is 6.89. The van der Waals surface area contributed by atoms with Gasteiger partial charge >= 0.3 is 0 Å². The Morgan fingerprint density at radius 2 is 2.30 bits per heavy atom. The molecule has 2 rings (SSSR count). The zero-order chi connectivity index (χ0) is 14.8. The average molecular weight is 279 g/mol. The van der Waals surface area contributed by atoms with Crippen molar-refractivity contribution in [2.75, 3.05) is 6.54 Å². The smallest absolute Gasteiger partial charge is 0.223 e. The molecule has 2 heterocycles. The fourth-order valence-corrected chi connectivity index (χ4v) is 2.82. The third-order valence-corrected chi connectivity index (χ3v) is 3.75. The molecule has 1 aromatic rings. The van der Waals surface area contributed by atoms with Crippen LogP contribution in [0.2, 0.25) is 0 Å². The third-order valence-electron chi connectivity index (χ3n) is 3.75. The van der Waals surface area contributed by atoms with Crippen LogP contribution in [0.3, 0.4) is 0 Å². The molecule has 0 bridgehead atoms. The molecule has 20 heavy (non-hydrogen) atoms. The summed E-state index contributed by atoms with van der Waals surface area (Å²) in [5.74, 6) is 0.784. The Hall–Kier alpha value is -1.29. The van der Waals surface area contributed by atoms with E-state index >= 15 is 0 Å². The second kappa shape index (κ2) is 6.00. The van der Waals surface area contributed by atoms with Gasteiger partial charge in [-0.2, -0.15) is 0 Å². The maximum atomic E-state index is 12.4. The number of nitrogens with zero attached hydrogens (tertiary/aromatic N) is 1. The van der Waals surface area contributed by atoms with E-state index in [-0.39, 0.29) is 17.4 Å². The molecule has 1 aliphatic rings. The maximum Gasteiger partial charge on any atom is 0.223 e. The van der Waals surface area contributed by atoms with Gasteiger partial charge in [0, 0.05) is 25.4 Å². The lowest BCUT2D eigenvalue weighted by Crippen LogP contribution is -2.38. The van der Waals surface area contributed by atoms with E-state index in [1.165, 1.54) is 0 Å². The molecular weight excluding hydrogens is 254 g/mol. The topological polar surface area (TPSA) is 53.7 Å². The van der Waals surface area contributed by atoms with Gasteiger partial charge in [0.05, 0.1) is 6.26 Å². The summed E-state index contributed by atoms with van der Waals surface area (Å²) in [7, 11) is 0. The fourth-order valence-electron chi connectivity index (χ4n) is 2.82. The molecule has 1 N–H and O–H groups in total. The average Bonchev–Trinajstić information content (AvgIpc) is 2.96. The van der Waals surface area contributed by atoms with Gasteiger partial charge in [-0.3, -0.25) is 4.79 Å². The summed E-state index contributed by atoms with van der Waals surface area (Å²) in [6, 6.07) is 3.68. The van der Waals surface area contributed by atoms with Gasteiger partial charge in [0.2, 0.25) is 5.91 Å². The van der Waals surface area contributed by atoms with Crippen molar-refractivity contribution in [3.8, 4) is 0 Å². The van der Waals surface area contributed by atoms with E-state index < -0.39 is 6.10 Å². The number of aliphatic hydroxyl groups excluding tert-OH is 1. The van der Waals surface area contributed by atoms with Crippen molar-refractivity contribution in [3.05, 3.63) is 24.2 Å². The highest BCUT2D eigenvalue weighted by molar-refractivity contribution is 5.77. The predicted octanol–water partition coefficient (Wildman–Crippen LogP) is 3.13. The zero-order valence-corrected chi connectivity index (χ0v) is 12.6. The molecule has 1 aliphatic heterocycles. The standard InChI is InChI=1S/C16H25NO3/c1-16(2,3)11-15(19)17-8-4-6-12(17)10-13(18)14-7-5-9-20-14/h5,7,9,12-13,18H,4,6,8,10-11H2,1-3H3. The van der Waals surface area contributed by atoms with E-state index in [4.69, 9.17) is 4.42 Å². The van der Waals surface area contributed by atoms with Gasteiger partial charge in [-0.25, -0.2) is 0 Å². The Bertz CT molecular complexity index is 433. The number of carbonyl (C=O) groups excluding carboxylic acids is 1. The first-order valence-corrected chi connectivity index (χ1v) is 7.38. The normalized spacial score (nSPS) is 21.2. The summed E-state index contributed by atoms with van der Waals surface area (Å²) in [4.78, 5) is 14.3. The van der Waals surface area contributed by atoms with Gasteiger partial charge in [-0.15, -0.1) is 0 Å². The molecule has 4 nitrogen and oxygen atoms in total. The molecule has 1 amide bonds.